The number of para-hydroxylation sites is 1. The molecule has 0 aliphatic rings. The van der Waals surface area contributed by atoms with Gasteiger partial charge in [0.05, 0.1) is 9.26 Å². The molecule has 0 aliphatic carbocycles. The van der Waals surface area contributed by atoms with E-state index in [9.17, 15) is 8.78 Å². The highest BCUT2D eigenvalue weighted by atomic mass is 127. The molecule has 0 unspecified atom stereocenters. The monoisotopic (exact) mass is 379 g/mol. The van der Waals surface area contributed by atoms with Crippen LogP contribution in [0, 0.1) is 3.57 Å². The molecule has 0 bridgehead atoms. The summed E-state index contributed by atoms with van der Waals surface area (Å²) >= 11 is 2.59. The van der Waals surface area contributed by atoms with Gasteiger partial charge < -0.3 is 5.32 Å². The SMILES string of the molecule is FC(F)Sc1ccccc1Nc1ncncc1I. The van der Waals surface area contributed by atoms with Crippen molar-refractivity contribution >= 4 is 45.9 Å². The number of hydrogen-bond acceptors (Lipinski definition) is 4. The summed E-state index contributed by atoms with van der Waals surface area (Å²) in [5, 5.41) is 3.03. The molecule has 0 radical (unpaired) electrons. The maximum Gasteiger partial charge on any atom is 0.288 e. The average Bonchev–Trinajstić information content (AvgIpc) is 2.34. The van der Waals surface area contributed by atoms with Crippen LogP contribution >= 0.6 is 34.4 Å². The lowest BCUT2D eigenvalue weighted by Crippen LogP contribution is -1.98. The third-order valence-electron chi connectivity index (χ3n) is 2.02. The average molecular weight is 379 g/mol. The fourth-order valence-corrected chi connectivity index (χ4v) is 2.33. The number of nitrogens with zero attached hydrogens (tertiary/aromatic N) is 2. The number of aromatic nitrogens is 2. The molecule has 94 valence electrons. The smallest absolute Gasteiger partial charge is 0.288 e. The second-order valence-corrected chi connectivity index (χ2v) is 5.41. The van der Waals surface area contributed by atoms with Crippen LogP contribution in [0.2, 0.25) is 0 Å². The number of anilines is 2. The minimum Gasteiger partial charge on any atom is -0.338 e. The molecule has 1 heterocycles. The van der Waals surface area contributed by atoms with E-state index in [2.05, 4.69) is 37.9 Å². The predicted octanol–water partition coefficient (Wildman–Crippen LogP) is 4.14. The van der Waals surface area contributed by atoms with Crippen LogP contribution in [-0.4, -0.2) is 15.7 Å². The van der Waals surface area contributed by atoms with Crippen molar-refractivity contribution in [1.82, 2.24) is 9.97 Å². The van der Waals surface area contributed by atoms with Crippen LogP contribution in [0.15, 0.2) is 41.7 Å². The van der Waals surface area contributed by atoms with Crippen molar-refractivity contribution in [2.24, 2.45) is 0 Å². The topological polar surface area (TPSA) is 37.8 Å². The Balaban J connectivity index is 2.26. The fraction of sp³-hybridized carbons (Fsp3) is 0.0909. The van der Waals surface area contributed by atoms with Crippen molar-refractivity contribution in [2.75, 3.05) is 5.32 Å². The molecule has 18 heavy (non-hydrogen) atoms. The van der Waals surface area contributed by atoms with Crippen LogP contribution in [0.3, 0.4) is 0 Å². The van der Waals surface area contributed by atoms with Crippen molar-refractivity contribution in [1.29, 1.82) is 0 Å². The second kappa shape index (κ2) is 6.28. The first-order chi connectivity index (χ1) is 8.66. The van der Waals surface area contributed by atoms with Gasteiger partial charge in [-0.2, -0.15) is 8.78 Å². The third-order valence-corrected chi connectivity index (χ3v) is 3.60. The van der Waals surface area contributed by atoms with Gasteiger partial charge in [-0.15, -0.1) is 0 Å². The lowest BCUT2D eigenvalue weighted by atomic mass is 10.3. The van der Waals surface area contributed by atoms with Crippen LogP contribution in [0.1, 0.15) is 0 Å². The summed E-state index contributed by atoms with van der Waals surface area (Å²) in [6, 6.07) is 6.89. The van der Waals surface area contributed by atoms with Gasteiger partial charge in [-0.25, -0.2) is 9.97 Å². The maximum absolute atomic E-state index is 12.4. The highest BCUT2D eigenvalue weighted by molar-refractivity contribution is 14.1. The summed E-state index contributed by atoms with van der Waals surface area (Å²) in [4.78, 5) is 8.43. The molecular formula is C11H8F2IN3S. The first kappa shape index (κ1) is 13.5. The zero-order valence-electron chi connectivity index (χ0n) is 8.98. The van der Waals surface area contributed by atoms with Crippen molar-refractivity contribution in [3.8, 4) is 0 Å². The lowest BCUT2D eigenvalue weighted by Gasteiger charge is -2.11. The van der Waals surface area contributed by atoms with E-state index in [1.807, 2.05) is 0 Å². The van der Waals surface area contributed by atoms with Gasteiger partial charge >= 0.3 is 0 Å². The standard InChI is InChI=1S/C11H8F2IN3S/c12-11(13)18-9-4-2-1-3-8(9)17-10-7(14)5-15-6-16-10/h1-6,11H,(H,15,16,17). The van der Waals surface area contributed by atoms with Gasteiger partial charge in [0.1, 0.15) is 12.1 Å². The highest BCUT2D eigenvalue weighted by Crippen LogP contribution is 2.33. The molecule has 3 nitrogen and oxygen atoms in total. The first-order valence-corrected chi connectivity index (χ1v) is 6.89. The molecule has 0 aliphatic heterocycles. The molecule has 2 rings (SSSR count). The molecule has 0 amide bonds. The Hall–Kier alpha value is -0.960. The minimum atomic E-state index is -2.45. The van der Waals surface area contributed by atoms with Crippen molar-refractivity contribution in [3.05, 3.63) is 40.4 Å². The van der Waals surface area contributed by atoms with Gasteiger partial charge in [-0.1, -0.05) is 23.9 Å². The summed E-state index contributed by atoms with van der Waals surface area (Å²) in [6.07, 6.45) is 3.06. The number of hydrogen-bond donors (Lipinski definition) is 1. The highest BCUT2D eigenvalue weighted by Gasteiger charge is 2.10. The molecule has 7 heteroatoms. The fourth-order valence-electron chi connectivity index (χ4n) is 1.30. The van der Waals surface area contributed by atoms with Crippen LogP contribution in [-0.2, 0) is 0 Å². The van der Waals surface area contributed by atoms with Gasteiger partial charge in [-0.3, -0.25) is 0 Å². The normalized spacial score (nSPS) is 10.7. The molecule has 0 saturated heterocycles. The van der Waals surface area contributed by atoms with Gasteiger partial charge in [0.25, 0.3) is 5.76 Å². The second-order valence-electron chi connectivity index (χ2n) is 3.22. The predicted molar refractivity (Wildman–Crippen MR) is 76.3 cm³/mol. The van der Waals surface area contributed by atoms with Crippen molar-refractivity contribution in [3.63, 3.8) is 0 Å². The van der Waals surface area contributed by atoms with Crippen LogP contribution in [0.4, 0.5) is 20.3 Å². The number of rotatable bonds is 4. The maximum atomic E-state index is 12.4. The Morgan fingerprint density at radius 2 is 2.06 bits per heavy atom. The van der Waals surface area contributed by atoms with Gasteiger partial charge in [0.2, 0.25) is 0 Å². The van der Waals surface area contributed by atoms with Gasteiger partial charge in [0, 0.05) is 11.1 Å². The molecule has 0 spiro atoms. The van der Waals surface area contributed by atoms with E-state index in [0.717, 1.165) is 3.57 Å². The molecule has 2 aromatic rings. The van der Waals surface area contributed by atoms with E-state index >= 15 is 0 Å². The zero-order valence-corrected chi connectivity index (χ0v) is 12.0. The first-order valence-electron chi connectivity index (χ1n) is 4.93. The quantitative estimate of drug-likeness (QED) is 0.640. The van der Waals surface area contributed by atoms with Gasteiger partial charge in [0.15, 0.2) is 0 Å². The third kappa shape index (κ3) is 3.52. The molecule has 0 fully saturated rings. The Bertz CT molecular complexity index is 539. The van der Waals surface area contributed by atoms with E-state index in [1.54, 1.807) is 30.5 Å². The Morgan fingerprint density at radius 3 is 2.78 bits per heavy atom. The summed E-state index contributed by atoms with van der Waals surface area (Å²) in [6.45, 7) is 0. The van der Waals surface area contributed by atoms with Crippen molar-refractivity contribution in [2.45, 2.75) is 10.7 Å². The number of nitrogens with one attached hydrogen (secondary N) is 1. The largest absolute Gasteiger partial charge is 0.338 e. The van der Waals surface area contributed by atoms with E-state index in [0.29, 0.717) is 28.2 Å². The Morgan fingerprint density at radius 1 is 1.28 bits per heavy atom. The van der Waals surface area contributed by atoms with E-state index in [1.165, 1.54) is 6.33 Å². The number of benzene rings is 1. The molecule has 1 N–H and O–H groups in total. The van der Waals surface area contributed by atoms with E-state index < -0.39 is 5.76 Å². The van der Waals surface area contributed by atoms with E-state index in [-0.39, 0.29) is 0 Å². The van der Waals surface area contributed by atoms with Crippen LogP contribution < -0.4 is 5.32 Å². The lowest BCUT2D eigenvalue weighted by molar-refractivity contribution is 0.252. The van der Waals surface area contributed by atoms with E-state index in [4.69, 9.17) is 0 Å². The number of thioether (sulfide) groups is 1. The number of halogens is 3. The summed E-state index contributed by atoms with van der Waals surface area (Å²) in [7, 11) is 0. The van der Waals surface area contributed by atoms with Crippen LogP contribution in [0.5, 0.6) is 0 Å². The molecule has 0 saturated carbocycles. The zero-order chi connectivity index (χ0) is 13.0. The van der Waals surface area contributed by atoms with Crippen molar-refractivity contribution < 1.29 is 8.78 Å². The molecular weight excluding hydrogens is 371 g/mol. The number of alkyl halides is 2. The van der Waals surface area contributed by atoms with Gasteiger partial charge in [-0.05, 0) is 34.7 Å². The molecule has 1 aromatic heterocycles. The summed E-state index contributed by atoms with van der Waals surface area (Å²) in [5.74, 6) is -1.84. The summed E-state index contributed by atoms with van der Waals surface area (Å²) < 4.78 is 25.7. The summed E-state index contributed by atoms with van der Waals surface area (Å²) in [5.41, 5.74) is 0.611. The minimum absolute atomic E-state index is 0.488. The Kier molecular flexibility index (Phi) is 4.70. The Labute approximate surface area is 121 Å². The molecule has 0 atom stereocenters. The van der Waals surface area contributed by atoms with Crippen LogP contribution in [0.25, 0.3) is 0 Å². The molecule has 1 aromatic carbocycles.